The minimum Gasteiger partial charge on any atom is -0.504 e. The number of aromatic hydroxyl groups is 4. The van der Waals surface area contributed by atoms with Crippen LogP contribution in [0.4, 0.5) is 0 Å². The van der Waals surface area contributed by atoms with Crippen LogP contribution < -0.4 is 0 Å². The Morgan fingerprint density at radius 1 is 0.780 bits per heavy atom. The summed E-state index contributed by atoms with van der Waals surface area (Å²) in [5.41, 5.74) is -1.22. The van der Waals surface area contributed by atoms with Crippen LogP contribution in [0, 0.1) is 0 Å². The molecule has 1 saturated carbocycles. The molecule has 2 aromatic rings. The maximum Gasteiger partial charge on any atom is 0.331 e. The van der Waals surface area contributed by atoms with Gasteiger partial charge in [0, 0.05) is 38.1 Å². The molecule has 0 aromatic heterocycles. The zero-order chi connectivity index (χ0) is 29.7. The number of amides is 1. The Bertz CT molecular complexity index is 1360. The van der Waals surface area contributed by atoms with E-state index in [0.717, 1.165) is 25.0 Å². The fraction of sp³-hybridized carbons (Fsp3) is 0.345. The first kappa shape index (κ1) is 29.4. The third kappa shape index (κ3) is 6.97. The number of phenolic OH excluding ortho intramolecular Hbond substituents is 4. The van der Waals surface area contributed by atoms with E-state index in [4.69, 9.17) is 9.47 Å². The third-order valence-electron chi connectivity index (χ3n) is 7.01. The Morgan fingerprint density at radius 3 is 1.85 bits per heavy atom. The summed E-state index contributed by atoms with van der Waals surface area (Å²) in [5.74, 6) is -3.94. The van der Waals surface area contributed by atoms with Gasteiger partial charge in [0.05, 0.1) is 6.10 Å². The molecule has 41 heavy (non-hydrogen) atoms. The minimum atomic E-state index is -1.95. The molecule has 1 aliphatic carbocycles. The Labute approximate surface area is 235 Å². The van der Waals surface area contributed by atoms with Crippen LogP contribution >= 0.6 is 0 Å². The highest BCUT2D eigenvalue weighted by Crippen LogP contribution is 2.37. The van der Waals surface area contributed by atoms with E-state index >= 15 is 0 Å². The molecule has 1 heterocycles. The van der Waals surface area contributed by atoms with Gasteiger partial charge in [0.15, 0.2) is 28.6 Å². The molecular formula is C29H31NO11. The number of aliphatic hydroxyl groups excluding tert-OH is 2. The predicted octanol–water partition coefficient (Wildman–Crippen LogP) is 1.57. The Kier molecular flexibility index (Phi) is 8.84. The van der Waals surface area contributed by atoms with Crippen LogP contribution in [0.25, 0.3) is 12.2 Å². The topological polar surface area (TPSA) is 194 Å². The first-order valence-corrected chi connectivity index (χ1v) is 13.0. The fourth-order valence-electron chi connectivity index (χ4n) is 4.89. The van der Waals surface area contributed by atoms with Crippen molar-refractivity contribution in [2.24, 2.45) is 0 Å². The fourth-order valence-corrected chi connectivity index (χ4v) is 4.89. The number of ether oxygens (including phenoxy) is 2. The summed E-state index contributed by atoms with van der Waals surface area (Å²) in [5, 5.41) is 59.5. The molecule has 2 aliphatic rings. The van der Waals surface area contributed by atoms with E-state index in [0.29, 0.717) is 24.2 Å². The van der Waals surface area contributed by atoms with E-state index in [-0.39, 0.29) is 11.5 Å². The molecular weight excluding hydrogens is 538 g/mol. The summed E-state index contributed by atoms with van der Waals surface area (Å²) in [7, 11) is 0. The number of benzene rings is 2. The van der Waals surface area contributed by atoms with Crippen molar-refractivity contribution in [1.29, 1.82) is 0 Å². The summed E-state index contributed by atoms with van der Waals surface area (Å²) in [6.45, 7) is 0.818. The number of carbonyl (C=O) groups is 3. The Hall–Kier alpha value is -4.55. The van der Waals surface area contributed by atoms with E-state index in [1.165, 1.54) is 53.5 Å². The average molecular weight is 570 g/mol. The SMILES string of the molecule is O=C(/C=C/c1ccc(O)c(O)c1)O[C@@H]1C[C@](OC(=O)/C=C/c2ccc(O)c(O)c2)(C(=O)N2CCCC2)CC(O)[C@H]1O. The Morgan fingerprint density at radius 2 is 1.32 bits per heavy atom. The van der Waals surface area contributed by atoms with Gasteiger partial charge in [-0.05, 0) is 60.4 Å². The van der Waals surface area contributed by atoms with E-state index < -0.39 is 66.1 Å². The summed E-state index contributed by atoms with van der Waals surface area (Å²) < 4.78 is 11.0. The van der Waals surface area contributed by atoms with Gasteiger partial charge in [-0.1, -0.05) is 12.1 Å². The van der Waals surface area contributed by atoms with Crippen LogP contribution in [0.1, 0.15) is 36.8 Å². The van der Waals surface area contributed by atoms with Crippen LogP contribution in [0.5, 0.6) is 23.0 Å². The molecule has 1 saturated heterocycles. The molecule has 0 radical (unpaired) electrons. The number of likely N-dealkylation sites (tertiary alicyclic amines) is 1. The van der Waals surface area contributed by atoms with Gasteiger partial charge in [0.2, 0.25) is 0 Å². The van der Waals surface area contributed by atoms with Crippen molar-refractivity contribution in [3.63, 3.8) is 0 Å². The number of hydrogen-bond donors (Lipinski definition) is 6. The second-order valence-electron chi connectivity index (χ2n) is 10.0. The molecule has 1 amide bonds. The maximum atomic E-state index is 13.6. The van der Waals surface area contributed by atoms with Crippen molar-refractivity contribution in [1.82, 2.24) is 4.90 Å². The lowest BCUT2D eigenvalue weighted by Crippen LogP contribution is -2.61. The zero-order valence-corrected chi connectivity index (χ0v) is 21.9. The standard InChI is InChI=1S/C29H31NO11/c31-19-7-3-17(13-21(19)33)5-9-25(36)40-24-16-29(15-23(35)27(24)38,28(39)30-11-1-2-12-30)41-26(37)10-6-18-4-8-20(32)22(34)14-18/h3-10,13-14,23-24,27,31-35,38H,1-2,11-12,15-16H2/b9-5+,10-6+/t23?,24-,27-,29+/m1/s1. The number of hydrogen-bond acceptors (Lipinski definition) is 11. The Balaban J connectivity index is 1.54. The summed E-state index contributed by atoms with van der Waals surface area (Å²) in [6, 6.07) is 7.76. The van der Waals surface area contributed by atoms with Crippen molar-refractivity contribution in [3.8, 4) is 23.0 Å². The third-order valence-corrected chi connectivity index (χ3v) is 7.01. The van der Waals surface area contributed by atoms with Gasteiger partial charge in [-0.2, -0.15) is 0 Å². The highest BCUT2D eigenvalue weighted by Gasteiger charge is 2.55. The van der Waals surface area contributed by atoms with Gasteiger partial charge in [-0.15, -0.1) is 0 Å². The molecule has 2 aromatic carbocycles. The van der Waals surface area contributed by atoms with Crippen LogP contribution in [0.2, 0.25) is 0 Å². The lowest BCUT2D eigenvalue weighted by atomic mass is 9.78. The van der Waals surface area contributed by atoms with Crippen molar-refractivity contribution in [3.05, 3.63) is 59.7 Å². The predicted molar refractivity (Wildman–Crippen MR) is 143 cm³/mol. The van der Waals surface area contributed by atoms with E-state index in [9.17, 15) is 45.0 Å². The van der Waals surface area contributed by atoms with Gasteiger partial charge in [0.25, 0.3) is 5.91 Å². The van der Waals surface area contributed by atoms with Crippen LogP contribution in [-0.4, -0.2) is 90.4 Å². The number of phenols is 4. The van der Waals surface area contributed by atoms with E-state index in [1.807, 2.05) is 0 Å². The minimum absolute atomic E-state index is 0.339. The molecule has 6 N–H and O–H groups in total. The van der Waals surface area contributed by atoms with Crippen LogP contribution in [0.15, 0.2) is 48.6 Å². The average Bonchev–Trinajstić information content (AvgIpc) is 3.47. The summed E-state index contributed by atoms with van der Waals surface area (Å²) in [4.78, 5) is 40.6. The lowest BCUT2D eigenvalue weighted by Gasteiger charge is -2.44. The smallest absolute Gasteiger partial charge is 0.331 e. The zero-order valence-electron chi connectivity index (χ0n) is 21.9. The lowest BCUT2D eigenvalue weighted by molar-refractivity contribution is -0.203. The number of esters is 2. The molecule has 1 unspecified atom stereocenters. The van der Waals surface area contributed by atoms with Crippen molar-refractivity contribution in [2.75, 3.05) is 13.1 Å². The molecule has 4 atom stereocenters. The number of carbonyl (C=O) groups excluding carboxylic acids is 3. The van der Waals surface area contributed by atoms with Gasteiger partial charge in [0.1, 0.15) is 12.2 Å². The molecule has 218 valence electrons. The van der Waals surface area contributed by atoms with Crippen molar-refractivity contribution >= 4 is 30.0 Å². The maximum absolute atomic E-state index is 13.6. The molecule has 12 nitrogen and oxygen atoms in total. The summed E-state index contributed by atoms with van der Waals surface area (Å²) >= 11 is 0. The van der Waals surface area contributed by atoms with Crippen LogP contribution in [0.3, 0.4) is 0 Å². The number of nitrogens with zero attached hydrogens (tertiary/aromatic N) is 1. The van der Waals surface area contributed by atoms with Gasteiger partial charge in [-0.25, -0.2) is 9.59 Å². The second kappa shape index (κ2) is 12.3. The van der Waals surface area contributed by atoms with Gasteiger partial charge < -0.3 is 45.0 Å². The second-order valence-corrected chi connectivity index (χ2v) is 10.0. The monoisotopic (exact) mass is 569 g/mol. The quantitative estimate of drug-likeness (QED) is 0.161. The molecule has 0 spiro atoms. The normalized spacial score (nSPS) is 24.5. The highest BCUT2D eigenvalue weighted by molar-refractivity contribution is 5.93. The molecule has 1 aliphatic heterocycles. The van der Waals surface area contributed by atoms with Gasteiger partial charge in [-0.3, -0.25) is 4.79 Å². The number of aliphatic hydroxyl groups is 2. The summed E-state index contributed by atoms with van der Waals surface area (Å²) in [6.07, 6.45) is 0.679. The van der Waals surface area contributed by atoms with E-state index in [1.54, 1.807) is 0 Å². The number of rotatable bonds is 7. The first-order valence-electron chi connectivity index (χ1n) is 13.0. The highest BCUT2D eigenvalue weighted by atomic mass is 16.6. The van der Waals surface area contributed by atoms with Crippen molar-refractivity contribution in [2.45, 2.75) is 49.6 Å². The molecule has 4 rings (SSSR count). The molecule has 0 bridgehead atoms. The largest absolute Gasteiger partial charge is 0.504 e. The first-order chi connectivity index (χ1) is 19.5. The van der Waals surface area contributed by atoms with Gasteiger partial charge >= 0.3 is 11.9 Å². The molecule has 12 heteroatoms. The van der Waals surface area contributed by atoms with Crippen LogP contribution in [-0.2, 0) is 23.9 Å². The van der Waals surface area contributed by atoms with Crippen molar-refractivity contribution < 1.29 is 54.5 Å². The van der Waals surface area contributed by atoms with E-state index in [2.05, 4.69) is 0 Å². The molecule has 2 fully saturated rings.